The molecule has 128 valence electrons. The molecule has 0 fully saturated rings. The van der Waals surface area contributed by atoms with Crippen molar-refractivity contribution in [3.63, 3.8) is 0 Å². The van der Waals surface area contributed by atoms with E-state index in [-0.39, 0.29) is 18.4 Å². The van der Waals surface area contributed by atoms with E-state index < -0.39 is 5.82 Å². The molecule has 0 unspecified atom stereocenters. The summed E-state index contributed by atoms with van der Waals surface area (Å²) in [5.74, 6) is -0.213. The van der Waals surface area contributed by atoms with Crippen molar-refractivity contribution in [1.29, 1.82) is 0 Å². The lowest BCUT2D eigenvalue weighted by Gasteiger charge is -2.18. The molecule has 0 saturated carbocycles. The zero-order valence-electron chi connectivity index (χ0n) is 14.1. The summed E-state index contributed by atoms with van der Waals surface area (Å²) in [6, 6.07) is 13.8. The van der Waals surface area contributed by atoms with E-state index >= 15 is 0 Å². The molecule has 0 radical (unpaired) electrons. The van der Waals surface area contributed by atoms with Gasteiger partial charge in [-0.1, -0.05) is 37.6 Å². The largest absolute Gasteiger partial charge is 0.489 e. The number of benzene rings is 2. The zero-order valence-corrected chi connectivity index (χ0v) is 14.1. The summed E-state index contributed by atoms with van der Waals surface area (Å²) in [5.41, 5.74) is 2.00. The quantitative estimate of drug-likeness (QED) is 0.821. The van der Waals surface area contributed by atoms with E-state index in [9.17, 15) is 9.18 Å². The van der Waals surface area contributed by atoms with Crippen molar-refractivity contribution in [3.8, 4) is 5.75 Å². The van der Waals surface area contributed by atoms with Crippen LogP contribution in [0.2, 0.25) is 0 Å². The Balaban J connectivity index is 1.78. The normalized spacial score (nSPS) is 10.3. The van der Waals surface area contributed by atoms with Gasteiger partial charge in [0.05, 0.1) is 6.54 Å². The number of aryl methyl sites for hydroxylation is 1. The summed E-state index contributed by atoms with van der Waals surface area (Å²) in [4.78, 5) is 13.6. The molecule has 1 N–H and O–H groups in total. The molecule has 0 aliphatic carbocycles. The standard InChI is InChI=1S/C19H23FN2O2/c1-3-6-15-9-11-16(12-10-15)21-19(23)22(2)13-14-24-18-8-5-4-7-17(18)20/h4-5,7-12H,3,6,13-14H2,1-2H3,(H,21,23). The molecule has 0 spiro atoms. The summed E-state index contributed by atoms with van der Waals surface area (Å²) < 4.78 is 18.8. The molecular formula is C19H23FN2O2. The second-order valence-corrected chi connectivity index (χ2v) is 5.58. The molecule has 2 amide bonds. The average Bonchev–Trinajstić information content (AvgIpc) is 2.58. The highest BCUT2D eigenvalue weighted by atomic mass is 19.1. The van der Waals surface area contributed by atoms with Gasteiger partial charge in [0.25, 0.3) is 0 Å². The van der Waals surface area contributed by atoms with Gasteiger partial charge in [0.1, 0.15) is 6.61 Å². The van der Waals surface area contributed by atoms with Gasteiger partial charge in [-0.25, -0.2) is 9.18 Å². The highest BCUT2D eigenvalue weighted by Crippen LogP contribution is 2.15. The van der Waals surface area contributed by atoms with Crippen LogP contribution >= 0.6 is 0 Å². The van der Waals surface area contributed by atoms with Crippen molar-refractivity contribution in [1.82, 2.24) is 4.90 Å². The van der Waals surface area contributed by atoms with Gasteiger partial charge in [-0.3, -0.25) is 0 Å². The molecule has 0 heterocycles. The minimum atomic E-state index is -0.406. The van der Waals surface area contributed by atoms with Crippen molar-refractivity contribution in [2.24, 2.45) is 0 Å². The fourth-order valence-electron chi connectivity index (χ4n) is 2.22. The predicted octanol–water partition coefficient (Wildman–Crippen LogP) is 4.32. The summed E-state index contributed by atoms with van der Waals surface area (Å²) in [6.07, 6.45) is 2.12. The summed E-state index contributed by atoms with van der Waals surface area (Å²) in [5, 5.41) is 2.83. The summed E-state index contributed by atoms with van der Waals surface area (Å²) in [6.45, 7) is 2.71. The Morgan fingerprint density at radius 2 is 1.88 bits per heavy atom. The van der Waals surface area contributed by atoms with Crippen LogP contribution in [-0.4, -0.2) is 31.1 Å². The first-order valence-corrected chi connectivity index (χ1v) is 8.08. The molecule has 0 atom stereocenters. The number of likely N-dealkylation sites (N-methyl/N-ethyl adjacent to an activating group) is 1. The van der Waals surface area contributed by atoms with Crippen LogP contribution in [0.5, 0.6) is 5.75 Å². The van der Waals surface area contributed by atoms with Crippen LogP contribution in [0.15, 0.2) is 48.5 Å². The number of hydrogen-bond donors (Lipinski definition) is 1. The van der Waals surface area contributed by atoms with Gasteiger partial charge in [0.2, 0.25) is 0 Å². The van der Waals surface area contributed by atoms with Gasteiger partial charge in [-0.2, -0.15) is 0 Å². The Labute approximate surface area is 142 Å². The van der Waals surface area contributed by atoms with Gasteiger partial charge in [-0.15, -0.1) is 0 Å². The van der Waals surface area contributed by atoms with E-state index in [1.54, 1.807) is 25.2 Å². The van der Waals surface area contributed by atoms with Crippen LogP contribution < -0.4 is 10.1 Å². The highest BCUT2D eigenvalue weighted by molar-refractivity contribution is 5.89. The molecule has 0 aliphatic rings. The van der Waals surface area contributed by atoms with E-state index in [1.807, 2.05) is 24.3 Å². The predicted molar refractivity (Wildman–Crippen MR) is 94.0 cm³/mol. The van der Waals surface area contributed by atoms with Crippen molar-refractivity contribution in [2.75, 3.05) is 25.5 Å². The Morgan fingerprint density at radius 1 is 1.17 bits per heavy atom. The number of urea groups is 1. The van der Waals surface area contributed by atoms with Crippen LogP contribution in [0.3, 0.4) is 0 Å². The van der Waals surface area contributed by atoms with E-state index in [4.69, 9.17) is 4.74 Å². The monoisotopic (exact) mass is 330 g/mol. The lowest BCUT2D eigenvalue weighted by molar-refractivity contribution is 0.206. The minimum absolute atomic E-state index is 0.192. The number of para-hydroxylation sites is 1. The molecule has 0 bridgehead atoms. The van der Waals surface area contributed by atoms with Crippen LogP contribution in [0.1, 0.15) is 18.9 Å². The molecule has 2 aromatic rings. The Morgan fingerprint density at radius 3 is 2.54 bits per heavy atom. The molecule has 0 saturated heterocycles. The number of nitrogens with one attached hydrogen (secondary N) is 1. The molecule has 2 rings (SSSR count). The zero-order chi connectivity index (χ0) is 17.4. The molecule has 5 heteroatoms. The SMILES string of the molecule is CCCc1ccc(NC(=O)N(C)CCOc2ccccc2F)cc1. The number of halogens is 1. The van der Waals surface area contributed by atoms with Crippen LogP contribution in [0, 0.1) is 5.82 Å². The second kappa shape index (κ2) is 8.91. The fraction of sp³-hybridized carbons (Fsp3) is 0.316. The van der Waals surface area contributed by atoms with Gasteiger partial charge in [0, 0.05) is 12.7 Å². The maximum atomic E-state index is 13.4. The number of rotatable bonds is 7. The molecule has 4 nitrogen and oxygen atoms in total. The third-order valence-corrected chi connectivity index (χ3v) is 3.61. The van der Waals surface area contributed by atoms with Gasteiger partial charge in [-0.05, 0) is 36.2 Å². The molecule has 0 aromatic heterocycles. The minimum Gasteiger partial charge on any atom is -0.489 e. The fourth-order valence-corrected chi connectivity index (χ4v) is 2.22. The Hall–Kier alpha value is -2.56. The average molecular weight is 330 g/mol. The van der Waals surface area contributed by atoms with Crippen molar-refractivity contribution in [2.45, 2.75) is 19.8 Å². The Bertz CT molecular complexity index is 659. The number of carbonyl (C=O) groups is 1. The molecular weight excluding hydrogens is 307 g/mol. The number of carbonyl (C=O) groups excluding carboxylic acids is 1. The lowest BCUT2D eigenvalue weighted by Crippen LogP contribution is -2.34. The van der Waals surface area contributed by atoms with Crippen LogP contribution in [-0.2, 0) is 6.42 Å². The van der Waals surface area contributed by atoms with E-state index in [2.05, 4.69) is 12.2 Å². The lowest BCUT2D eigenvalue weighted by atomic mass is 10.1. The van der Waals surface area contributed by atoms with Gasteiger partial charge in [0.15, 0.2) is 11.6 Å². The van der Waals surface area contributed by atoms with Crippen molar-refractivity contribution in [3.05, 3.63) is 59.9 Å². The van der Waals surface area contributed by atoms with Crippen molar-refractivity contribution < 1.29 is 13.9 Å². The first-order valence-electron chi connectivity index (χ1n) is 8.08. The summed E-state index contributed by atoms with van der Waals surface area (Å²) in [7, 11) is 1.67. The first kappa shape index (κ1) is 17.8. The van der Waals surface area contributed by atoms with E-state index in [0.29, 0.717) is 6.54 Å². The van der Waals surface area contributed by atoms with Crippen LogP contribution in [0.4, 0.5) is 14.9 Å². The first-order chi connectivity index (χ1) is 11.6. The number of anilines is 1. The summed E-state index contributed by atoms with van der Waals surface area (Å²) >= 11 is 0. The number of nitrogens with zero attached hydrogens (tertiary/aromatic N) is 1. The highest BCUT2D eigenvalue weighted by Gasteiger charge is 2.09. The van der Waals surface area contributed by atoms with E-state index in [1.165, 1.54) is 16.5 Å². The van der Waals surface area contributed by atoms with E-state index in [0.717, 1.165) is 18.5 Å². The van der Waals surface area contributed by atoms with Crippen LogP contribution in [0.25, 0.3) is 0 Å². The maximum absolute atomic E-state index is 13.4. The Kier molecular flexibility index (Phi) is 6.61. The number of ether oxygens (including phenoxy) is 1. The second-order valence-electron chi connectivity index (χ2n) is 5.58. The molecule has 2 aromatic carbocycles. The van der Waals surface area contributed by atoms with Gasteiger partial charge < -0.3 is 15.0 Å². The third kappa shape index (κ3) is 5.26. The topological polar surface area (TPSA) is 41.6 Å². The van der Waals surface area contributed by atoms with Crippen molar-refractivity contribution >= 4 is 11.7 Å². The maximum Gasteiger partial charge on any atom is 0.321 e. The smallest absolute Gasteiger partial charge is 0.321 e. The third-order valence-electron chi connectivity index (χ3n) is 3.61. The molecule has 24 heavy (non-hydrogen) atoms. The number of hydrogen-bond acceptors (Lipinski definition) is 2. The van der Waals surface area contributed by atoms with Gasteiger partial charge >= 0.3 is 6.03 Å². The molecule has 0 aliphatic heterocycles. The number of amides is 2.